The molecule has 1 atom stereocenters. The number of aromatic nitrogens is 2. The Bertz CT molecular complexity index is 958. The van der Waals surface area contributed by atoms with E-state index >= 15 is 0 Å². The van der Waals surface area contributed by atoms with E-state index in [-0.39, 0.29) is 0 Å². The number of hydrogen-bond donors (Lipinski definition) is 2. The minimum absolute atomic E-state index is 0.525. The van der Waals surface area contributed by atoms with E-state index in [0.717, 1.165) is 33.6 Å². The Morgan fingerprint density at radius 3 is 2.69 bits per heavy atom. The van der Waals surface area contributed by atoms with Crippen molar-refractivity contribution in [2.24, 2.45) is 0 Å². The quantitative estimate of drug-likeness (QED) is 0.553. The summed E-state index contributed by atoms with van der Waals surface area (Å²) in [5.41, 5.74) is 3.69. The highest BCUT2D eigenvalue weighted by Gasteiger charge is 2.16. The number of aromatic amines is 1. The maximum atomic E-state index is 10.4. The van der Waals surface area contributed by atoms with Crippen molar-refractivity contribution >= 4 is 11.0 Å². The Morgan fingerprint density at radius 1 is 1.12 bits per heavy atom. The first-order valence-corrected chi connectivity index (χ1v) is 8.63. The van der Waals surface area contributed by atoms with E-state index in [1.807, 2.05) is 73.9 Å². The number of furan rings is 1. The molecule has 0 fully saturated rings. The summed E-state index contributed by atoms with van der Waals surface area (Å²) in [6, 6.07) is 19.7. The fourth-order valence-corrected chi connectivity index (χ4v) is 3.18. The summed E-state index contributed by atoms with van der Waals surface area (Å²) in [6.07, 6.45) is 1.29. The second-order valence-electron chi connectivity index (χ2n) is 6.54. The molecule has 26 heavy (non-hydrogen) atoms. The van der Waals surface area contributed by atoms with Crippen molar-refractivity contribution in [1.29, 1.82) is 0 Å². The minimum atomic E-state index is -0.525. The summed E-state index contributed by atoms with van der Waals surface area (Å²) >= 11 is 0. The van der Waals surface area contributed by atoms with Gasteiger partial charge < -0.3 is 9.52 Å². The molecule has 2 aromatic carbocycles. The number of nitrogens with one attached hydrogen (secondary N) is 1. The van der Waals surface area contributed by atoms with Crippen molar-refractivity contribution in [2.45, 2.75) is 12.6 Å². The lowest BCUT2D eigenvalue weighted by atomic mass is 10.1. The van der Waals surface area contributed by atoms with Crippen molar-refractivity contribution < 1.29 is 9.52 Å². The number of hydrogen-bond acceptors (Lipinski definition) is 4. The molecule has 5 heteroatoms. The second kappa shape index (κ2) is 7.15. The Balaban J connectivity index is 1.50. The maximum Gasteiger partial charge on any atom is 0.153 e. The van der Waals surface area contributed by atoms with Gasteiger partial charge in [-0.3, -0.25) is 10.00 Å². The third kappa shape index (κ3) is 3.40. The lowest BCUT2D eigenvalue weighted by molar-refractivity contribution is 0.124. The van der Waals surface area contributed by atoms with Gasteiger partial charge in [-0.05, 0) is 24.7 Å². The number of H-pyrrole nitrogens is 1. The number of fused-ring (bicyclic) bond motifs is 1. The van der Waals surface area contributed by atoms with E-state index in [2.05, 4.69) is 15.1 Å². The van der Waals surface area contributed by atoms with Gasteiger partial charge >= 0.3 is 0 Å². The van der Waals surface area contributed by atoms with E-state index in [9.17, 15) is 5.11 Å². The molecule has 2 heterocycles. The molecule has 0 aliphatic rings. The first-order valence-electron chi connectivity index (χ1n) is 8.63. The molecule has 1 unspecified atom stereocenters. The van der Waals surface area contributed by atoms with Crippen LogP contribution in [0.3, 0.4) is 0 Å². The lowest BCUT2D eigenvalue weighted by Crippen LogP contribution is -2.24. The molecule has 0 aliphatic carbocycles. The highest BCUT2D eigenvalue weighted by Crippen LogP contribution is 2.29. The van der Waals surface area contributed by atoms with E-state index in [1.54, 1.807) is 0 Å². The lowest BCUT2D eigenvalue weighted by Gasteiger charge is -2.20. The summed E-state index contributed by atoms with van der Waals surface area (Å²) in [6.45, 7) is 1.20. The highest BCUT2D eigenvalue weighted by atomic mass is 16.3. The molecule has 132 valence electrons. The SMILES string of the molecule is CN(Cc1cn[nH]c1-c1cc2ccccc2o1)CC(O)c1ccccc1. The Hall–Kier alpha value is -2.89. The van der Waals surface area contributed by atoms with Crippen LogP contribution in [0.15, 0.2) is 71.3 Å². The molecule has 0 aliphatic heterocycles. The zero-order valence-corrected chi connectivity index (χ0v) is 14.6. The molecule has 0 saturated heterocycles. The van der Waals surface area contributed by atoms with E-state index in [0.29, 0.717) is 13.1 Å². The number of aliphatic hydroxyl groups excluding tert-OH is 1. The van der Waals surface area contributed by atoms with Crippen LogP contribution >= 0.6 is 0 Å². The summed E-state index contributed by atoms with van der Waals surface area (Å²) in [7, 11) is 1.99. The van der Waals surface area contributed by atoms with Crippen LogP contribution in [-0.2, 0) is 6.54 Å². The third-order valence-electron chi connectivity index (χ3n) is 4.50. The van der Waals surface area contributed by atoms with Crippen LogP contribution in [0, 0.1) is 0 Å². The smallest absolute Gasteiger partial charge is 0.153 e. The molecule has 2 aromatic heterocycles. The van der Waals surface area contributed by atoms with Gasteiger partial charge in [-0.25, -0.2) is 0 Å². The third-order valence-corrected chi connectivity index (χ3v) is 4.50. The van der Waals surface area contributed by atoms with E-state index in [4.69, 9.17) is 4.42 Å². The van der Waals surface area contributed by atoms with Gasteiger partial charge in [0, 0.05) is 24.0 Å². The summed E-state index contributed by atoms with van der Waals surface area (Å²) < 4.78 is 5.95. The molecule has 5 nitrogen and oxygen atoms in total. The van der Waals surface area contributed by atoms with Crippen molar-refractivity contribution in [3.05, 3.63) is 78.0 Å². The average Bonchev–Trinajstić information content (AvgIpc) is 3.28. The van der Waals surface area contributed by atoms with Crippen molar-refractivity contribution in [2.75, 3.05) is 13.6 Å². The van der Waals surface area contributed by atoms with Gasteiger partial charge in [0.2, 0.25) is 0 Å². The Kier molecular flexibility index (Phi) is 4.56. The van der Waals surface area contributed by atoms with Crippen molar-refractivity contribution in [3.8, 4) is 11.5 Å². The van der Waals surface area contributed by atoms with E-state index < -0.39 is 6.10 Å². The fourth-order valence-electron chi connectivity index (χ4n) is 3.18. The van der Waals surface area contributed by atoms with E-state index in [1.165, 1.54) is 0 Å². The predicted octanol–water partition coefficient (Wildman–Crippen LogP) is 3.99. The van der Waals surface area contributed by atoms with Crippen LogP contribution in [0.1, 0.15) is 17.2 Å². The van der Waals surface area contributed by atoms with Gasteiger partial charge in [0.1, 0.15) is 11.3 Å². The normalized spacial score (nSPS) is 12.7. The number of aliphatic hydroxyl groups is 1. The molecule has 0 bridgehead atoms. The number of para-hydroxylation sites is 1. The van der Waals surface area contributed by atoms with Crippen LogP contribution in [-0.4, -0.2) is 33.8 Å². The molecule has 4 rings (SSSR count). The molecule has 0 spiro atoms. The molecular weight excluding hydrogens is 326 g/mol. The summed E-state index contributed by atoms with van der Waals surface area (Å²) in [4.78, 5) is 2.08. The van der Waals surface area contributed by atoms with Crippen LogP contribution in [0.2, 0.25) is 0 Å². The zero-order valence-electron chi connectivity index (χ0n) is 14.6. The van der Waals surface area contributed by atoms with Crippen LogP contribution in [0.5, 0.6) is 0 Å². The van der Waals surface area contributed by atoms with Gasteiger partial charge in [-0.1, -0.05) is 48.5 Å². The van der Waals surface area contributed by atoms with Crippen LogP contribution in [0.4, 0.5) is 0 Å². The van der Waals surface area contributed by atoms with Gasteiger partial charge in [0.25, 0.3) is 0 Å². The highest BCUT2D eigenvalue weighted by molar-refractivity contribution is 5.82. The predicted molar refractivity (Wildman–Crippen MR) is 102 cm³/mol. The van der Waals surface area contributed by atoms with Gasteiger partial charge in [0.15, 0.2) is 5.76 Å². The zero-order chi connectivity index (χ0) is 17.9. The molecule has 0 amide bonds. The number of nitrogens with zero attached hydrogens (tertiary/aromatic N) is 2. The molecule has 2 N–H and O–H groups in total. The fraction of sp³-hybridized carbons (Fsp3) is 0.190. The number of rotatable bonds is 6. The average molecular weight is 347 g/mol. The van der Waals surface area contributed by atoms with Crippen LogP contribution < -0.4 is 0 Å². The van der Waals surface area contributed by atoms with Crippen LogP contribution in [0.25, 0.3) is 22.4 Å². The topological polar surface area (TPSA) is 65.3 Å². The standard InChI is InChI=1S/C21H21N3O2/c1-24(14-18(25)15-7-3-2-4-8-15)13-17-12-22-23-21(17)20-11-16-9-5-6-10-19(16)26-20/h2-12,18,25H,13-14H2,1H3,(H,22,23). The largest absolute Gasteiger partial charge is 0.454 e. The maximum absolute atomic E-state index is 10.4. The molecular formula is C21H21N3O2. The van der Waals surface area contributed by atoms with Gasteiger partial charge in [0.05, 0.1) is 12.3 Å². The van der Waals surface area contributed by atoms with Crippen molar-refractivity contribution in [3.63, 3.8) is 0 Å². The van der Waals surface area contributed by atoms with Crippen molar-refractivity contribution in [1.82, 2.24) is 15.1 Å². The minimum Gasteiger partial charge on any atom is -0.454 e. The van der Waals surface area contributed by atoms with Gasteiger partial charge in [-0.2, -0.15) is 5.10 Å². The first kappa shape index (κ1) is 16.6. The summed E-state index contributed by atoms with van der Waals surface area (Å²) in [5, 5.41) is 18.7. The number of likely N-dealkylation sites (N-methyl/N-ethyl adjacent to an activating group) is 1. The molecule has 0 saturated carbocycles. The first-order chi connectivity index (χ1) is 12.7. The Labute approximate surface area is 151 Å². The second-order valence-corrected chi connectivity index (χ2v) is 6.54. The molecule has 4 aromatic rings. The van der Waals surface area contributed by atoms with Gasteiger partial charge in [-0.15, -0.1) is 0 Å². The number of benzene rings is 2. The Morgan fingerprint density at radius 2 is 1.88 bits per heavy atom. The summed E-state index contributed by atoms with van der Waals surface area (Å²) in [5.74, 6) is 0.774. The molecule has 0 radical (unpaired) electrons. The monoisotopic (exact) mass is 347 g/mol.